The van der Waals surface area contributed by atoms with Crippen LogP contribution in [0.25, 0.3) is 11.1 Å². The fraction of sp³-hybridized carbons (Fsp3) is 0.158. The van der Waals surface area contributed by atoms with Gasteiger partial charge in [0.1, 0.15) is 6.10 Å². The minimum absolute atomic E-state index is 0.0482. The zero-order chi connectivity index (χ0) is 15.7. The largest absolute Gasteiger partial charge is 0.340 e. The van der Waals surface area contributed by atoms with Gasteiger partial charge >= 0.3 is 0 Å². The molecule has 1 fully saturated rings. The van der Waals surface area contributed by atoms with E-state index < -0.39 is 5.79 Å². The molecule has 1 aromatic carbocycles. The Morgan fingerprint density at radius 3 is 2.30 bits per heavy atom. The summed E-state index contributed by atoms with van der Waals surface area (Å²) >= 11 is 0. The number of ketones is 1. The van der Waals surface area contributed by atoms with Crippen LogP contribution in [0.1, 0.15) is 11.7 Å². The molecule has 1 atom stereocenters. The second-order valence-corrected chi connectivity index (χ2v) is 5.57. The summed E-state index contributed by atoms with van der Waals surface area (Å²) in [6, 6.07) is 12.2. The second kappa shape index (κ2) is 5.57. The van der Waals surface area contributed by atoms with Gasteiger partial charge in [-0.05, 0) is 53.1 Å². The minimum Gasteiger partial charge on any atom is -0.340 e. The molecule has 1 aliphatic carbocycles. The number of ether oxygens (including phenoxy) is 2. The summed E-state index contributed by atoms with van der Waals surface area (Å²) in [4.78, 5) is 15.3. The van der Waals surface area contributed by atoms with Crippen LogP contribution >= 0.6 is 0 Å². The molecule has 0 radical (unpaired) electrons. The van der Waals surface area contributed by atoms with Crippen LogP contribution in [0.15, 0.2) is 73.1 Å². The van der Waals surface area contributed by atoms with E-state index in [0.717, 1.165) is 16.7 Å². The Kier molecular flexibility index (Phi) is 3.41. The quantitative estimate of drug-likeness (QED) is 0.854. The van der Waals surface area contributed by atoms with Crippen LogP contribution in [0.2, 0.25) is 0 Å². The SMILES string of the molecule is O=C1C=CC2(C=C1)OCC(c1ccc(-c3ccncc3)cc1)O2. The summed E-state index contributed by atoms with van der Waals surface area (Å²) in [6.45, 7) is 0.456. The highest BCUT2D eigenvalue weighted by Gasteiger charge is 2.39. The van der Waals surface area contributed by atoms with Crippen molar-refractivity contribution in [1.29, 1.82) is 0 Å². The lowest BCUT2D eigenvalue weighted by molar-refractivity contribution is -0.113. The smallest absolute Gasteiger partial charge is 0.209 e. The van der Waals surface area contributed by atoms with E-state index >= 15 is 0 Å². The van der Waals surface area contributed by atoms with E-state index in [9.17, 15) is 4.79 Å². The minimum atomic E-state index is -0.900. The number of carbonyl (C=O) groups is 1. The van der Waals surface area contributed by atoms with Crippen molar-refractivity contribution in [2.24, 2.45) is 0 Å². The summed E-state index contributed by atoms with van der Waals surface area (Å²) in [5.74, 6) is -0.949. The molecular formula is C19H15NO3. The molecule has 1 spiro atoms. The highest BCUT2D eigenvalue weighted by Crippen LogP contribution is 2.37. The molecule has 114 valence electrons. The Hall–Kier alpha value is -2.56. The first-order valence-electron chi connectivity index (χ1n) is 7.49. The number of nitrogens with zero attached hydrogens (tertiary/aromatic N) is 1. The van der Waals surface area contributed by atoms with E-state index in [1.54, 1.807) is 24.5 Å². The van der Waals surface area contributed by atoms with E-state index in [4.69, 9.17) is 9.47 Å². The van der Waals surface area contributed by atoms with Gasteiger partial charge in [-0.2, -0.15) is 0 Å². The third-order valence-electron chi connectivity index (χ3n) is 4.04. The lowest BCUT2D eigenvalue weighted by Gasteiger charge is -2.22. The van der Waals surface area contributed by atoms with Crippen molar-refractivity contribution < 1.29 is 14.3 Å². The Morgan fingerprint density at radius 2 is 1.61 bits per heavy atom. The predicted octanol–water partition coefficient (Wildman–Crippen LogP) is 3.23. The number of hydrogen-bond acceptors (Lipinski definition) is 4. The molecule has 0 amide bonds. The van der Waals surface area contributed by atoms with Crippen molar-refractivity contribution in [1.82, 2.24) is 4.98 Å². The lowest BCUT2D eigenvalue weighted by atomic mass is 10.0. The number of hydrogen-bond donors (Lipinski definition) is 0. The average Bonchev–Trinajstić information content (AvgIpc) is 3.03. The van der Waals surface area contributed by atoms with E-state index in [1.807, 2.05) is 24.3 Å². The first kappa shape index (κ1) is 14.1. The molecule has 1 unspecified atom stereocenters. The molecule has 2 heterocycles. The zero-order valence-corrected chi connectivity index (χ0v) is 12.4. The standard InChI is InChI=1S/C19H15NO3/c21-17-5-9-19(10-6-17)22-13-18(23-19)16-3-1-14(2-4-16)15-7-11-20-12-8-15/h1-12,18H,13H2. The van der Waals surface area contributed by atoms with Gasteiger partial charge in [-0.3, -0.25) is 9.78 Å². The zero-order valence-electron chi connectivity index (χ0n) is 12.4. The predicted molar refractivity (Wildman–Crippen MR) is 85.5 cm³/mol. The highest BCUT2D eigenvalue weighted by atomic mass is 16.7. The molecular weight excluding hydrogens is 290 g/mol. The lowest BCUT2D eigenvalue weighted by Crippen LogP contribution is -2.27. The van der Waals surface area contributed by atoms with Crippen LogP contribution in [0.5, 0.6) is 0 Å². The van der Waals surface area contributed by atoms with Crippen molar-refractivity contribution in [3.8, 4) is 11.1 Å². The molecule has 2 aromatic rings. The molecule has 1 aromatic heterocycles. The number of pyridine rings is 1. The van der Waals surface area contributed by atoms with Gasteiger partial charge < -0.3 is 9.47 Å². The Labute approximate surface area is 134 Å². The van der Waals surface area contributed by atoms with Crippen LogP contribution < -0.4 is 0 Å². The topological polar surface area (TPSA) is 48.4 Å². The number of allylic oxidation sites excluding steroid dienone is 2. The molecule has 2 aliphatic rings. The summed E-state index contributed by atoms with van der Waals surface area (Å²) in [5.41, 5.74) is 3.31. The average molecular weight is 305 g/mol. The van der Waals surface area contributed by atoms with E-state index in [2.05, 4.69) is 17.1 Å². The van der Waals surface area contributed by atoms with Crippen molar-refractivity contribution in [3.63, 3.8) is 0 Å². The maximum absolute atomic E-state index is 11.2. The third kappa shape index (κ3) is 2.74. The molecule has 0 N–H and O–H groups in total. The van der Waals surface area contributed by atoms with Gasteiger partial charge in [0.15, 0.2) is 5.78 Å². The van der Waals surface area contributed by atoms with Crippen LogP contribution in [-0.2, 0) is 14.3 Å². The van der Waals surface area contributed by atoms with Gasteiger partial charge in [0.25, 0.3) is 0 Å². The normalized spacial score (nSPS) is 21.9. The second-order valence-electron chi connectivity index (χ2n) is 5.57. The van der Waals surface area contributed by atoms with Crippen LogP contribution in [0, 0.1) is 0 Å². The summed E-state index contributed by atoms with van der Waals surface area (Å²) in [5, 5.41) is 0. The Morgan fingerprint density at radius 1 is 0.957 bits per heavy atom. The first-order chi connectivity index (χ1) is 11.2. The molecule has 0 saturated carbocycles. The molecule has 1 saturated heterocycles. The fourth-order valence-corrected chi connectivity index (χ4v) is 2.78. The number of aromatic nitrogens is 1. The summed E-state index contributed by atoms with van der Waals surface area (Å²) in [6.07, 6.45) is 9.71. The van der Waals surface area contributed by atoms with Crippen LogP contribution in [0.3, 0.4) is 0 Å². The van der Waals surface area contributed by atoms with E-state index in [-0.39, 0.29) is 11.9 Å². The number of benzene rings is 1. The fourth-order valence-electron chi connectivity index (χ4n) is 2.78. The molecule has 4 nitrogen and oxygen atoms in total. The molecule has 23 heavy (non-hydrogen) atoms. The van der Waals surface area contributed by atoms with Crippen molar-refractivity contribution in [3.05, 3.63) is 78.7 Å². The molecule has 0 bridgehead atoms. The van der Waals surface area contributed by atoms with Gasteiger partial charge in [0.2, 0.25) is 5.79 Å². The van der Waals surface area contributed by atoms with Gasteiger partial charge in [0.05, 0.1) is 6.61 Å². The molecule has 1 aliphatic heterocycles. The maximum atomic E-state index is 11.2. The van der Waals surface area contributed by atoms with Gasteiger partial charge in [-0.25, -0.2) is 0 Å². The van der Waals surface area contributed by atoms with Crippen LogP contribution in [-0.4, -0.2) is 23.2 Å². The Balaban J connectivity index is 1.53. The first-order valence-corrected chi connectivity index (χ1v) is 7.49. The summed E-state index contributed by atoms with van der Waals surface area (Å²) < 4.78 is 11.8. The van der Waals surface area contributed by atoms with Crippen molar-refractivity contribution >= 4 is 5.78 Å². The van der Waals surface area contributed by atoms with Gasteiger partial charge in [0, 0.05) is 12.4 Å². The highest BCUT2D eigenvalue weighted by molar-refractivity contribution is 6.00. The van der Waals surface area contributed by atoms with E-state index in [1.165, 1.54) is 12.2 Å². The van der Waals surface area contributed by atoms with Crippen molar-refractivity contribution in [2.75, 3.05) is 6.61 Å². The van der Waals surface area contributed by atoms with Gasteiger partial charge in [-0.15, -0.1) is 0 Å². The molecule has 4 rings (SSSR count). The van der Waals surface area contributed by atoms with Gasteiger partial charge in [-0.1, -0.05) is 24.3 Å². The molecule has 4 heteroatoms. The maximum Gasteiger partial charge on any atom is 0.209 e. The third-order valence-corrected chi connectivity index (χ3v) is 4.04. The summed E-state index contributed by atoms with van der Waals surface area (Å²) in [7, 11) is 0. The van der Waals surface area contributed by atoms with Crippen LogP contribution in [0.4, 0.5) is 0 Å². The number of carbonyl (C=O) groups excluding carboxylic acids is 1. The monoisotopic (exact) mass is 305 g/mol. The van der Waals surface area contributed by atoms with Crippen molar-refractivity contribution in [2.45, 2.75) is 11.9 Å². The Bertz CT molecular complexity index is 762. The number of rotatable bonds is 2. The van der Waals surface area contributed by atoms with E-state index in [0.29, 0.717) is 6.61 Å².